The maximum Gasteiger partial charge on any atom is 0.247 e. The quantitative estimate of drug-likeness (QED) is 0.743. The molecule has 2 amide bonds. The summed E-state index contributed by atoms with van der Waals surface area (Å²) in [5.74, 6) is -0.591. The van der Waals surface area contributed by atoms with E-state index in [4.69, 9.17) is 16.3 Å². The summed E-state index contributed by atoms with van der Waals surface area (Å²) in [5, 5.41) is 5.67. The van der Waals surface area contributed by atoms with Crippen LogP contribution in [0.25, 0.3) is 0 Å². The van der Waals surface area contributed by atoms with Crippen LogP contribution in [0, 0.1) is 11.7 Å². The Morgan fingerprint density at radius 3 is 2.52 bits per heavy atom. The number of rotatable bonds is 7. The summed E-state index contributed by atoms with van der Waals surface area (Å²) >= 11 is 6.22. The molecule has 27 heavy (non-hydrogen) atoms. The number of carbonyl (C=O) groups excluding carboxylic acids is 2. The van der Waals surface area contributed by atoms with Crippen LogP contribution in [0.2, 0.25) is 5.02 Å². The number of benzene rings is 2. The molecular formula is C20H22ClFN2O3. The molecule has 0 aliphatic rings. The molecule has 2 rings (SSSR count). The number of amides is 2. The average molecular weight is 393 g/mol. The van der Waals surface area contributed by atoms with E-state index in [0.29, 0.717) is 22.0 Å². The second-order valence-electron chi connectivity index (χ2n) is 6.48. The van der Waals surface area contributed by atoms with Crippen molar-refractivity contribution in [2.24, 2.45) is 5.92 Å². The van der Waals surface area contributed by atoms with Crippen molar-refractivity contribution in [2.45, 2.75) is 33.4 Å². The highest BCUT2D eigenvalue weighted by Gasteiger charge is 2.23. The van der Waals surface area contributed by atoms with Crippen LogP contribution in [-0.2, 0) is 16.2 Å². The van der Waals surface area contributed by atoms with Crippen LogP contribution in [0.4, 0.5) is 10.1 Å². The van der Waals surface area contributed by atoms with Crippen LogP contribution >= 0.6 is 11.6 Å². The summed E-state index contributed by atoms with van der Waals surface area (Å²) in [6, 6.07) is 10.3. The van der Waals surface area contributed by atoms with E-state index in [-0.39, 0.29) is 30.2 Å². The Hall–Kier alpha value is -2.60. The highest BCUT2D eigenvalue weighted by atomic mass is 35.5. The molecule has 0 saturated heterocycles. The summed E-state index contributed by atoms with van der Waals surface area (Å²) in [6.45, 7) is 5.22. The lowest BCUT2D eigenvalue weighted by Gasteiger charge is -2.21. The van der Waals surface area contributed by atoms with E-state index in [1.807, 2.05) is 13.8 Å². The Bertz CT molecular complexity index is 827. The molecule has 0 bridgehead atoms. The van der Waals surface area contributed by atoms with Gasteiger partial charge in [0.05, 0.1) is 5.02 Å². The number of ether oxygens (including phenoxy) is 1. The molecule has 0 heterocycles. The minimum absolute atomic E-state index is 0.0711. The lowest BCUT2D eigenvalue weighted by atomic mass is 10.0. The van der Waals surface area contributed by atoms with Gasteiger partial charge in [0, 0.05) is 12.6 Å². The van der Waals surface area contributed by atoms with Gasteiger partial charge in [-0.15, -0.1) is 0 Å². The normalized spacial score (nSPS) is 11.8. The second kappa shape index (κ2) is 9.37. The van der Waals surface area contributed by atoms with E-state index < -0.39 is 6.04 Å². The zero-order valence-corrected chi connectivity index (χ0v) is 16.1. The van der Waals surface area contributed by atoms with E-state index in [9.17, 15) is 14.0 Å². The van der Waals surface area contributed by atoms with Gasteiger partial charge < -0.3 is 15.4 Å². The Labute approximate surface area is 162 Å². The van der Waals surface area contributed by atoms with Crippen molar-refractivity contribution in [1.29, 1.82) is 0 Å². The third kappa shape index (κ3) is 6.25. The van der Waals surface area contributed by atoms with Gasteiger partial charge in [0.15, 0.2) is 0 Å². The van der Waals surface area contributed by atoms with Gasteiger partial charge in [0.2, 0.25) is 11.8 Å². The second-order valence-corrected chi connectivity index (χ2v) is 6.88. The molecule has 0 saturated carbocycles. The molecule has 1 unspecified atom stereocenters. The Morgan fingerprint density at radius 2 is 1.93 bits per heavy atom. The van der Waals surface area contributed by atoms with Crippen molar-refractivity contribution in [3.05, 3.63) is 58.9 Å². The van der Waals surface area contributed by atoms with Crippen LogP contribution in [0.3, 0.4) is 0 Å². The molecular weight excluding hydrogens is 371 g/mol. The molecule has 144 valence electrons. The minimum Gasteiger partial charge on any atom is -0.487 e. The maximum absolute atomic E-state index is 13.2. The van der Waals surface area contributed by atoms with E-state index in [2.05, 4.69) is 10.6 Å². The van der Waals surface area contributed by atoms with Crippen molar-refractivity contribution >= 4 is 29.1 Å². The van der Waals surface area contributed by atoms with Gasteiger partial charge >= 0.3 is 0 Å². The van der Waals surface area contributed by atoms with Crippen LogP contribution in [-0.4, -0.2) is 17.9 Å². The number of nitrogens with one attached hydrogen (secondary N) is 2. The third-order valence-corrected chi connectivity index (χ3v) is 4.09. The minimum atomic E-state index is -0.648. The molecule has 0 fully saturated rings. The van der Waals surface area contributed by atoms with Crippen molar-refractivity contribution in [3.8, 4) is 5.75 Å². The lowest BCUT2D eigenvalue weighted by molar-refractivity contribution is -0.126. The first-order valence-corrected chi connectivity index (χ1v) is 8.89. The number of halogens is 2. The number of carbonyl (C=O) groups is 2. The van der Waals surface area contributed by atoms with Crippen LogP contribution < -0.4 is 15.4 Å². The number of anilines is 1. The zero-order valence-electron chi connectivity index (χ0n) is 15.4. The monoisotopic (exact) mass is 392 g/mol. The van der Waals surface area contributed by atoms with Crippen molar-refractivity contribution < 1.29 is 18.7 Å². The summed E-state index contributed by atoms with van der Waals surface area (Å²) < 4.78 is 18.8. The van der Waals surface area contributed by atoms with Gasteiger partial charge in [0.25, 0.3) is 0 Å². The van der Waals surface area contributed by atoms with E-state index >= 15 is 0 Å². The molecule has 2 aromatic carbocycles. The lowest BCUT2D eigenvalue weighted by Crippen LogP contribution is -2.46. The topological polar surface area (TPSA) is 67.4 Å². The van der Waals surface area contributed by atoms with E-state index in [0.717, 1.165) is 0 Å². The number of hydrogen-bond acceptors (Lipinski definition) is 3. The Morgan fingerprint density at radius 1 is 1.19 bits per heavy atom. The summed E-state index contributed by atoms with van der Waals surface area (Å²) in [7, 11) is 0. The highest BCUT2D eigenvalue weighted by Crippen LogP contribution is 2.28. The predicted molar refractivity (Wildman–Crippen MR) is 103 cm³/mol. The van der Waals surface area contributed by atoms with Gasteiger partial charge in [-0.2, -0.15) is 0 Å². The Balaban J connectivity index is 2.02. The first-order chi connectivity index (χ1) is 12.8. The SMILES string of the molecule is CC(=O)NC(C(=O)Nc1ccc(OCc2cccc(F)c2)c(Cl)c1)C(C)C. The fraction of sp³-hybridized carbons (Fsp3) is 0.300. The first-order valence-electron chi connectivity index (χ1n) is 8.51. The molecule has 0 aliphatic carbocycles. The molecule has 2 aromatic rings. The zero-order chi connectivity index (χ0) is 20.0. The summed E-state index contributed by atoms with van der Waals surface area (Å²) in [4.78, 5) is 23.7. The number of hydrogen-bond donors (Lipinski definition) is 2. The van der Waals surface area contributed by atoms with Crippen LogP contribution in [0.5, 0.6) is 5.75 Å². The molecule has 0 aliphatic heterocycles. The molecule has 7 heteroatoms. The van der Waals surface area contributed by atoms with Crippen molar-refractivity contribution in [1.82, 2.24) is 5.32 Å². The largest absolute Gasteiger partial charge is 0.487 e. The fourth-order valence-electron chi connectivity index (χ4n) is 2.46. The van der Waals surface area contributed by atoms with Gasteiger partial charge in [-0.25, -0.2) is 4.39 Å². The fourth-order valence-corrected chi connectivity index (χ4v) is 2.69. The standard InChI is InChI=1S/C20H22ClFN2O3/c1-12(2)19(23-13(3)25)20(26)24-16-7-8-18(17(21)10-16)27-11-14-5-4-6-15(22)9-14/h4-10,12,19H,11H2,1-3H3,(H,23,25)(H,24,26). The van der Waals surface area contributed by atoms with Crippen molar-refractivity contribution in [2.75, 3.05) is 5.32 Å². The van der Waals surface area contributed by atoms with Crippen LogP contribution in [0.15, 0.2) is 42.5 Å². The maximum atomic E-state index is 13.2. The predicted octanol–water partition coefficient (Wildman–Crippen LogP) is 4.16. The highest BCUT2D eigenvalue weighted by molar-refractivity contribution is 6.32. The van der Waals surface area contributed by atoms with Gasteiger partial charge in [-0.3, -0.25) is 9.59 Å². The van der Waals surface area contributed by atoms with E-state index in [1.54, 1.807) is 30.3 Å². The molecule has 0 aromatic heterocycles. The summed E-state index contributed by atoms with van der Waals surface area (Å²) in [5.41, 5.74) is 1.16. The smallest absolute Gasteiger partial charge is 0.247 e. The van der Waals surface area contributed by atoms with Gasteiger partial charge in [-0.1, -0.05) is 37.6 Å². The molecule has 1 atom stereocenters. The van der Waals surface area contributed by atoms with Gasteiger partial charge in [-0.05, 0) is 41.8 Å². The molecule has 0 radical (unpaired) electrons. The molecule has 5 nitrogen and oxygen atoms in total. The van der Waals surface area contributed by atoms with Crippen molar-refractivity contribution in [3.63, 3.8) is 0 Å². The third-order valence-electron chi connectivity index (χ3n) is 3.79. The summed E-state index contributed by atoms with van der Waals surface area (Å²) in [6.07, 6.45) is 0. The van der Waals surface area contributed by atoms with E-state index in [1.165, 1.54) is 19.1 Å². The molecule has 2 N–H and O–H groups in total. The first kappa shape index (κ1) is 20.7. The van der Waals surface area contributed by atoms with Crippen LogP contribution in [0.1, 0.15) is 26.3 Å². The molecule has 0 spiro atoms. The van der Waals surface area contributed by atoms with Gasteiger partial charge in [0.1, 0.15) is 24.2 Å². The Kier molecular flexibility index (Phi) is 7.19. The average Bonchev–Trinajstić information content (AvgIpc) is 2.58.